The predicted octanol–water partition coefficient (Wildman–Crippen LogP) is 4.75. The van der Waals surface area contributed by atoms with Crippen molar-refractivity contribution in [2.24, 2.45) is 0 Å². The lowest BCUT2D eigenvalue weighted by molar-refractivity contribution is 0.438. The summed E-state index contributed by atoms with van der Waals surface area (Å²) in [4.78, 5) is 9.57. The molecule has 1 N–H and O–H groups in total. The first-order valence-electron chi connectivity index (χ1n) is 9.88. The highest BCUT2D eigenvalue weighted by molar-refractivity contribution is 5.64. The number of imidazole rings is 1. The van der Waals surface area contributed by atoms with Gasteiger partial charge in [0.15, 0.2) is 5.65 Å². The SMILES string of the molecule is N#Cc1ccc(-c2cn3c(O)c(Cc4ccco4)nc3c(Cc3ccccc3)n2)cc1. The summed E-state index contributed by atoms with van der Waals surface area (Å²) in [5.74, 6) is 0.793. The minimum atomic E-state index is 0.0676. The molecule has 0 saturated carbocycles. The van der Waals surface area contributed by atoms with Crippen molar-refractivity contribution in [1.82, 2.24) is 14.4 Å². The van der Waals surface area contributed by atoms with E-state index in [0.717, 1.165) is 22.6 Å². The second-order valence-electron chi connectivity index (χ2n) is 7.26. The molecule has 0 fully saturated rings. The van der Waals surface area contributed by atoms with Crippen LogP contribution in [0, 0.1) is 11.3 Å². The molecule has 0 radical (unpaired) electrons. The zero-order valence-corrected chi connectivity index (χ0v) is 16.6. The van der Waals surface area contributed by atoms with Gasteiger partial charge in [-0.3, -0.25) is 4.40 Å². The third-order valence-corrected chi connectivity index (χ3v) is 5.17. The molecule has 0 aliphatic carbocycles. The first-order chi connectivity index (χ1) is 15.2. The van der Waals surface area contributed by atoms with Crippen LogP contribution in [0.2, 0.25) is 0 Å². The van der Waals surface area contributed by atoms with Crippen molar-refractivity contribution < 1.29 is 9.52 Å². The Morgan fingerprint density at radius 3 is 2.42 bits per heavy atom. The fourth-order valence-corrected chi connectivity index (χ4v) is 3.60. The highest BCUT2D eigenvalue weighted by atomic mass is 16.3. The molecule has 0 saturated heterocycles. The standard InChI is InChI=1S/C25H18N4O2/c26-15-18-8-10-19(11-9-18)23-16-29-24(21(27-23)13-17-5-2-1-3-6-17)28-22(25(29)30)14-20-7-4-12-31-20/h1-12,16,30H,13-14H2. The predicted molar refractivity (Wildman–Crippen MR) is 116 cm³/mol. The lowest BCUT2D eigenvalue weighted by Crippen LogP contribution is -2.01. The largest absolute Gasteiger partial charge is 0.493 e. The van der Waals surface area contributed by atoms with Crippen LogP contribution in [0.15, 0.2) is 83.6 Å². The van der Waals surface area contributed by atoms with E-state index >= 15 is 0 Å². The van der Waals surface area contributed by atoms with Gasteiger partial charge >= 0.3 is 0 Å². The number of aromatic nitrogens is 3. The average molecular weight is 406 g/mol. The maximum absolute atomic E-state index is 10.9. The van der Waals surface area contributed by atoms with Gasteiger partial charge in [-0.05, 0) is 29.8 Å². The fraction of sp³-hybridized carbons (Fsp3) is 0.0800. The maximum atomic E-state index is 10.9. The molecule has 0 aliphatic heterocycles. The van der Waals surface area contributed by atoms with Crippen molar-refractivity contribution in [1.29, 1.82) is 5.26 Å². The Balaban J connectivity index is 1.65. The van der Waals surface area contributed by atoms with E-state index < -0.39 is 0 Å². The smallest absolute Gasteiger partial charge is 0.219 e. The van der Waals surface area contributed by atoms with E-state index in [-0.39, 0.29) is 5.88 Å². The minimum Gasteiger partial charge on any atom is -0.493 e. The third-order valence-electron chi connectivity index (χ3n) is 5.17. The normalized spacial score (nSPS) is 10.9. The van der Waals surface area contributed by atoms with Gasteiger partial charge in [-0.1, -0.05) is 42.5 Å². The van der Waals surface area contributed by atoms with Crippen LogP contribution in [0.25, 0.3) is 16.9 Å². The first kappa shape index (κ1) is 18.6. The average Bonchev–Trinajstić information content (AvgIpc) is 3.43. The van der Waals surface area contributed by atoms with Crippen molar-refractivity contribution in [3.8, 4) is 23.2 Å². The van der Waals surface area contributed by atoms with Gasteiger partial charge in [-0.15, -0.1) is 0 Å². The number of nitriles is 1. The summed E-state index contributed by atoms with van der Waals surface area (Å²) in [7, 11) is 0. The Bertz CT molecular complexity index is 1380. The summed E-state index contributed by atoms with van der Waals surface area (Å²) in [6, 6.07) is 23.1. The molecule has 3 heterocycles. The quantitative estimate of drug-likeness (QED) is 0.455. The van der Waals surface area contributed by atoms with Crippen molar-refractivity contribution in [3.63, 3.8) is 0 Å². The Morgan fingerprint density at radius 1 is 0.903 bits per heavy atom. The van der Waals surface area contributed by atoms with Crippen molar-refractivity contribution in [2.75, 3.05) is 0 Å². The maximum Gasteiger partial charge on any atom is 0.219 e. The highest BCUT2D eigenvalue weighted by Crippen LogP contribution is 2.28. The van der Waals surface area contributed by atoms with Crippen LogP contribution in [-0.4, -0.2) is 19.5 Å². The topological polar surface area (TPSA) is 87.4 Å². The zero-order chi connectivity index (χ0) is 21.2. The van der Waals surface area contributed by atoms with Gasteiger partial charge in [0.05, 0.1) is 35.7 Å². The molecule has 5 rings (SSSR count). The van der Waals surface area contributed by atoms with Crippen LogP contribution in [0.1, 0.15) is 28.3 Å². The molecule has 2 aromatic carbocycles. The highest BCUT2D eigenvalue weighted by Gasteiger charge is 2.18. The van der Waals surface area contributed by atoms with Gasteiger partial charge in [0.2, 0.25) is 5.88 Å². The van der Waals surface area contributed by atoms with Gasteiger partial charge in [0.1, 0.15) is 11.5 Å². The first-order valence-corrected chi connectivity index (χ1v) is 9.88. The van der Waals surface area contributed by atoms with E-state index in [1.165, 1.54) is 0 Å². The summed E-state index contributed by atoms with van der Waals surface area (Å²) in [5, 5.41) is 20.0. The lowest BCUT2D eigenvalue weighted by Gasteiger charge is -2.08. The number of furan rings is 1. The Labute approximate surface area is 178 Å². The molecule has 0 spiro atoms. The lowest BCUT2D eigenvalue weighted by atomic mass is 10.1. The Hall–Kier alpha value is -4.37. The molecule has 0 aliphatic rings. The molecule has 0 unspecified atom stereocenters. The molecule has 0 atom stereocenters. The van der Waals surface area contributed by atoms with Gasteiger partial charge in [-0.25, -0.2) is 9.97 Å². The Morgan fingerprint density at radius 2 is 1.71 bits per heavy atom. The Kier molecular flexibility index (Phi) is 4.70. The molecule has 5 aromatic rings. The molecule has 6 nitrogen and oxygen atoms in total. The molecule has 3 aromatic heterocycles. The van der Waals surface area contributed by atoms with Gasteiger partial charge < -0.3 is 9.52 Å². The second-order valence-corrected chi connectivity index (χ2v) is 7.26. The van der Waals surface area contributed by atoms with Crippen LogP contribution in [0.5, 0.6) is 5.88 Å². The van der Waals surface area contributed by atoms with Gasteiger partial charge in [-0.2, -0.15) is 5.26 Å². The number of hydrogen-bond acceptors (Lipinski definition) is 5. The van der Waals surface area contributed by atoms with E-state index in [0.29, 0.717) is 35.4 Å². The van der Waals surface area contributed by atoms with E-state index in [4.69, 9.17) is 19.6 Å². The van der Waals surface area contributed by atoms with Gasteiger partial charge in [0, 0.05) is 18.2 Å². The van der Waals surface area contributed by atoms with Crippen LogP contribution in [-0.2, 0) is 12.8 Å². The van der Waals surface area contributed by atoms with Crippen LogP contribution < -0.4 is 0 Å². The van der Waals surface area contributed by atoms with Crippen LogP contribution in [0.3, 0.4) is 0 Å². The molecular weight excluding hydrogens is 388 g/mol. The number of benzene rings is 2. The number of fused-ring (bicyclic) bond motifs is 1. The van der Waals surface area contributed by atoms with E-state index in [1.807, 2.05) is 54.6 Å². The summed E-state index contributed by atoms with van der Waals surface area (Å²) < 4.78 is 7.10. The number of rotatable bonds is 5. The van der Waals surface area contributed by atoms with Gasteiger partial charge in [0.25, 0.3) is 0 Å². The van der Waals surface area contributed by atoms with E-state index in [2.05, 4.69) is 6.07 Å². The summed E-state index contributed by atoms with van der Waals surface area (Å²) in [6.45, 7) is 0. The van der Waals surface area contributed by atoms with Crippen molar-refractivity contribution in [2.45, 2.75) is 12.8 Å². The van der Waals surface area contributed by atoms with Crippen LogP contribution >= 0.6 is 0 Å². The second kappa shape index (κ2) is 7.81. The number of aromatic hydroxyl groups is 1. The zero-order valence-electron chi connectivity index (χ0n) is 16.6. The number of nitrogens with zero attached hydrogens (tertiary/aromatic N) is 4. The number of hydrogen-bond donors (Lipinski definition) is 1. The van der Waals surface area contributed by atoms with Crippen LogP contribution in [0.4, 0.5) is 0 Å². The molecule has 0 bridgehead atoms. The molecule has 0 amide bonds. The minimum absolute atomic E-state index is 0.0676. The molecule has 150 valence electrons. The van der Waals surface area contributed by atoms with E-state index in [9.17, 15) is 5.11 Å². The fourth-order valence-electron chi connectivity index (χ4n) is 3.60. The monoisotopic (exact) mass is 406 g/mol. The molecular formula is C25H18N4O2. The summed E-state index contributed by atoms with van der Waals surface area (Å²) in [6.07, 6.45) is 4.34. The van der Waals surface area contributed by atoms with Crippen molar-refractivity contribution in [3.05, 3.63) is 107 Å². The summed E-state index contributed by atoms with van der Waals surface area (Å²) in [5.41, 5.74) is 5.14. The molecule has 6 heteroatoms. The molecule has 31 heavy (non-hydrogen) atoms. The summed E-state index contributed by atoms with van der Waals surface area (Å²) >= 11 is 0. The third kappa shape index (κ3) is 3.65. The van der Waals surface area contributed by atoms with Crippen molar-refractivity contribution >= 4 is 5.65 Å². The van der Waals surface area contributed by atoms with E-state index in [1.54, 1.807) is 29.0 Å².